The van der Waals surface area contributed by atoms with E-state index >= 15 is 0 Å². The van der Waals surface area contributed by atoms with Crippen molar-refractivity contribution in [3.63, 3.8) is 0 Å². The van der Waals surface area contributed by atoms with Gasteiger partial charge in [0, 0.05) is 11.8 Å². The van der Waals surface area contributed by atoms with Gasteiger partial charge in [0.05, 0.1) is 0 Å². The second kappa shape index (κ2) is 5.55. The van der Waals surface area contributed by atoms with Crippen molar-refractivity contribution in [2.75, 3.05) is 0 Å². The third kappa shape index (κ3) is 3.23. The van der Waals surface area contributed by atoms with Gasteiger partial charge in [-0.05, 0) is 25.1 Å². The molecule has 0 aliphatic rings. The van der Waals surface area contributed by atoms with Crippen LogP contribution in [-0.4, -0.2) is 27.4 Å². The standard InChI is InChI=1S/C11H12N2O4/c1-2-3-4-12-13-11(17)7-5-8(14)10(16)9(15)6-7/h2-6,14-16H,1H3,(H,13,17)/b3-2+,12-4+. The highest BCUT2D eigenvalue weighted by Gasteiger charge is 2.12. The lowest BCUT2D eigenvalue weighted by Crippen LogP contribution is -2.17. The van der Waals surface area contributed by atoms with Gasteiger partial charge in [0.2, 0.25) is 0 Å². The van der Waals surface area contributed by atoms with Crippen LogP contribution in [-0.2, 0) is 0 Å². The number of amides is 1. The summed E-state index contributed by atoms with van der Waals surface area (Å²) in [5, 5.41) is 31.1. The van der Waals surface area contributed by atoms with Crippen LogP contribution in [0.15, 0.2) is 29.4 Å². The molecule has 0 atom stereocenters. The van der Waals surface area contributed by atoms with E-state index < -0.39 is 23.2 Å². The van der Waals surface area contributed by atoms with Gasteiger partial charge in [-0.25, -0.2) is 5.43 Å². The van der Waals surface area contributed by atoms with Crippen LogP contribution in [0.1, 0.15) is 17.3 Å². The molecule has 0 aliphatic heterocycles. The Morgan fingerprint density at radius 3 is 2.41 bits per heavy atom. The molecule has 0 saturated carbocycles. The maximum Gasteiger partial charge on any atom is 0.271 e. The van der Waals surface area contributed by atoms with Gasteiger partial charge in [-0.2, -0.15) is 5.10 Å². The number of aromatic hydroxyl groups is 3. The number of rotatable bonds is 3. The fourth-order valence-electron chi connectivity index (χ4n) is 1.02. The Morgan fingerprint density at radius 1 is 1.29 bits per heavy atom. The topological polar surface area (TPSA) is 102 Å². The summed E-state index contributed by atoms with van der Waals surface area (Å²) in [6.07, 6.45) is 4.72. The van der Waals surface area contributed by atoms with Crippen molar-refractivity contribution in [2.45, 2.75) is 6.92 Å². The monoisotopic (exact) mass is 236 g/mol. The maximum atomic E-state index is 11.5. The molecule has 1 aromatic rings. The van der Waals surface area contributed by atoms with Crippen molar-refractivity contribution in [2.24, 2.45) is 5.10 Å². The van der Waals surface area contributed by atoms with E-state index in [0.29, 0.717) is 0 Å². The first kappa shape index (κ1) is 12.6. The zero-order chi connectivity index (χ0) is 12.8. The van der Waals surface area contributed by atoms with Crippen LogP contribution < -0.4 is 5.43 Å². The molecule has 0 saturated heterocycles. The molecule has 1 rings (SSSR count). The summed E-state index contributed by atoms with van der Waals surface area (Å²) in [6.45, 7) is 1.80. The van der Waals surface area contributed by atoms with Gasteiger partial charge in [-0.3, -0.25) is 4.79 Å². The van der Waals surface area contributed by atoms with Crippen LogP contribution in [0.25, 0.3) is 0 Å². The molecule has 6 heteroatoms. The number of carbonyl (C=O) groups is 1. The first-order chi connectivity index (χ1) is 8.06. The number of carbonyl (C=O) groups excluding carboxylic acids is 1. The smallest absolute Gasteiger partial charge is 0.271 e. The summed E-state index contributed by atoms with van der Waals surface area (Å²) in [5.74, 6) is -2.43. The Bertz CT molecular complexity index is 457. The highest BCUT2D eigenvalue weighted by Crippen LogP contribution is 2.35. The van der Waals surface area contributed by atoms with E-state index in [2.05, 4.69) is 10.5 Å². The number of hydrogen-bond acceptors (Lipinski definition) is 5. The molecular weight excluding hydrogens is 224 g/mol. The molecule has 0 aliphatic carbocycles. The highest BCUT2D eigenvalue weighted by molar-refractivity contribution is 5.95. The molecule has 0 heterocycles. The van der Waals surface area contributed by atoms with Gasteiger partial charge in [0.1, 0.15) is 0 Å². The molecule has 0 fully saturated rings. The first-order valence-electron chi connectivity index (χ1n) is 4.76. The van der Waals surface area contributed by atoms with E-state index in [9.17, 15) is 15.0 Å². The van der Waals surface area contributed by atoms with Gasteiger partial charge in [0.15, 0.2) is 17.2 Å². The number of hydrazone groups is 1. The quantitative estimate of drug-likeness (QED) is 0.358. The van der Waals surface area contributed by atoms with Crippen molar-refractivity contribution in [3.8, 4) is 17.2 Å². The predicted molar refractivity (Wildman–Crippen MR) is 62.2 cm³/mol. The molecule has 1 amide bonds. The van der Waals surface area contributed by atoms with Crippen molar-refractivity contribution in [1.29, 1.82) is 0 Å². The summed E-state index contributed by atoms with van der Waals surface area (Å²) in [6, 6.07) is 2.05. The van der Waals surface area contributed by atoms with Crippen molar-refractivity contribution >= 4 is 12.1 Å². The minimum Gasteiger partial charge on any atom is -0.504 e. The molecule has 17 heavy (non-hydrogen) atoms. The van der Waals surface area contributed by atoms with E-state index in [-0.39, 0.29) is 5.56 Å². The fourth-order valence-corrected chi connectivity index (χ4v) is 1.02. The lowest BCUT2D eigenvalue weighted by molar-refractivity contribution is 0.0954. The lowest BCUT2D eigenvalue weighted by atomic mass is 10.2. The molecule has 90 valence electrons. The second-order valence-corrected chi connectivity index (χ2v) is 3.11. The van der Waals surface area contributed by atoms with E-state index in [1.807, 2.05) is 0 Å². The van der Waals surface area contributed by atoms with Gasteiger partial charge < -0.3 is 15.3 Å². The summed E-state index contributed by atoms with van der Waals surface area (Å²) < 4.78 is 0. The minimum absolute atomic E-state index is 0.0181. The largest absolute Gasteiger partial charge is 0.504 e. The number of phenolic OH excluding ortho intramolecular Hbond substituents is 3. The first-order valence-corrected chi connectivity index (χ1v) is 4.76. The fraction of sp³-hybridized carbons (Fsp3) is 0.0909. The molecule has 1 aromatic carbocycles. The number of allylic oxidation sites excluding steroid dienone is 2. The van der Waals surface area contributed by atoms with Crippen LogP contribution in [0.5, 0.6) is 17.2 Å². The number of hydrogen-bond donors (Lipinski definition) is 4. The number of nitrogens with one attached hydrogen (secondary N) is 1. The highest BCUT2D eigenvalue weighted by atomic mass is 16.3. The zero-order valence-electron chi connectivity index (χ0n) is 9.08. The zero-order valence-corrected chi connectivity index (χ0v) is 9.08. The molecule has 6 nitrogen and oxygen atoms in total. The average Bonchev–Trinajstić information content (AvgIpc) is 2.30. The number of nitrogens with zero attached hydrogens (tertiary/aromatic N) is 1. The predicted octanol–water partition coefficient (Wildman–Crippen LogP) is 1.10. The Balaban J connectivity index is 2.83. The van der Waals surface area contributed by atoms with Crippen LogP contribution in [0.3, 0.4) is 0 Å². The van der Waals surface area contributed by atoms with Gasteiger partial charge in [-0.1, -0.05) is 6.08 Å². The number of benzene rings is 1. The Kier molecular flexibility index (Phi) is 4.10. The van der Waals surface area contributed by atoms with Crippen LogP contribution in [0.4, 0.5) is 0 Å². The molecular formula is C11H12N2O4. The Labute approximate surface area is 97.5 Å². The summed E-state index contributed by atoms with van der Waals surface area (Å²) in [7, 11) is 0. The van der Waals surface area contributed by atoms with Gasteiger partial charge in [0.25, 0.3) is 5.91 Å². The third-order valence-corrected chi connectivity index (χ3v) is 1.85. The van der Waals surface area contributed by atoms with Crippen LogP contribution >= 0.6 is 0 Å². The van der Waals surface area contributed by atoms with Gasteiger partial charge in [-0.15, -0.1) is 0 Å². The van der Waals surface area contributed by atoms with E-state index in [0.717, 1.165) is 12.1 Å². The molecule has 0 spiro atoms. The molecule has 4 N–H and O–H groups in total. The van der Waals surface area contributed by atoms with Crippen molar-refractivity contribution in [3.05, 3.63) is 29.8 Å². The third-order valence-electron chi connectivity index (χ3n) is 1.85. The SMILES string of the molecule is C/C=C/C=N/NC(=O)c1cc(O)c(O)c(O)c1. The van der Waals surface area contributed by atoms with E-state index in [1.54, 1.807) is 19.1 Å². The van der Waals surface area contributed by atoms with Gasteiger partial charge >= 0.3 is 0 Å². The lowest BCUT2D eigenvalue weighted by Gasteiger charge is -2.04. The summed E-state index contributed by atoms with van der Waals surface area (Å²) in [4.78, 5) is 11.5. The Hall–Kier alpha value is -2.50. The minimum atomic E-state index is -0.668. The average molecular weight is 236 g/mol. The molecule has 0 radical (unpaired) electrons. The summed E-state index contributed by atoms with van der Waals surface area (Å²) in [5.41, 5.74) is 2.16. The van der Waals surface area contributed by atoms with Crippen molar-refractivity contribution < 1.29 is 20.1 Å². The van der Waals surface area contributed by atoms with Crippen LogP contribution in [0.2, 0.25) is 0 Å². The van der Waals surface area contributed by atoms with Crippen molar-refractivity contribution in [1.82, 2.24) is 5.43 Å². The molecule has 0 aromatic heterocycles. The summed E-state index contributed by atoms with van der Waals surface area (Å²) >= 11 is 0. The Morgan fingerprint density at radius 2 is 1.88 bits per heavy atom. The molecule has 0 bridgehead atoms. The molecule has 0 unspecified atom stereocenters. The van der Waals surface area contributed by atoms with E-state index in [1.165, 1.54) is 6.21 Å². The number of phenols is 3. The van der Waals surface area contributed by atoms with E-state index in [4.69, 9.17) is 5.11 Å². The van der Waals surface area contributed by atoms with Crippen LogP contribution in [0, 0.1) is 0 Å². The second-order valence-electron chi connectivity index (χ2n) is 3.11. The maximum absolute atomic E-state index is 11.5. The normalized spacial score (nSPS) is 11.1.